The predicted octanol–water partition coefficient (Wildman–Crippen LogP) is 1.34. The maximum absolute atomic E-state index is 12.4. The van der Waals surface area contributed by atoms with Crippen molar-refractivity contribution in [3.8, 4) is 0 Å². The Kier molecular flexibility index (Phi) is 2.90. The minimum Gasteiger partial charge on any atom is -0.396 e. The fourth-order valence-electron chi connectivity index (χ4n) is 4.64. The monoisotopic (exact) mass is 316 g/mol. The van der Waals surface area contributed by atoms with Crippen LogP contribution in [-0.4, -0.2) is 50.4 Å². The van der Waals surface area contributed by atoms with Gasteiger partial charge in [-0.2, -0.15) is 5.10 Å². The van der Waals surface area contributed by atoms with E-state index in [1.165, 1.54) is 12.8 Å². The Morgan fingerprint density at radius 1 is 1.30 bits per heavy atom. The lowest BCUT2D eigenvalue weighted by atomic mass is 9.60. The van der Waals surface area contributed by atoms with Gasteiger partial charge in [0, 0.05) is 36.9 Å². The third-order valence-electron chi connectivity index (χ3n) is 6.39. The van der Waals surface area contributed by atoms with E-state index in [2.05, 4.69) is 14.8 Å². The molecule has 4 fully saturated rings. The Labute approximate surface area is 135 Å². The highest BCUT2D eigenvalue weighted by Crippen LogP contribution is 2.54. The summed E-state index contributed by atoms with van der Waals surface area (Å²) in [4.78, 5) is 18.8. The fourth-order valence-corrected chi connectivity index (χ4v) is 4.64. The lowest BCUT2D eigenvalue weighted by molar-refractivity contribution is -0.163. The van der Waals surface area contributed by atoms with E-state index in [0.717, 1.165) is 44.6 Å². The molecule has 1 saturated heterocycles. The highest BCUT2D eigenvalue weighted by Gasteiger charge is 2.55. The second kappa shape index (κ2) is 4.79. The van der Waals surface area contributed by atoms with E-state index in [1.807, 2.05) is 11.2 Å². The first-order chi connectivity index (χ1) is 11.2. The molecule has 23 heavy (non-hydrogen) atoms. The number of likely N-dealkylation sites (tertiary alicyclic amines) is 1. The summed E-state index contributed by atoms with van der Waals surface area (Å²) >= 11 is 0. The van der Waals surface area contributed by atoms with Gasteiger partial charge in [0.1, 0.15) is 6.33 Å². The summed E-state index contributed by atoms with van der Waals surface area (Å²) in [6.07, 6.45) is 8.41. The van der Waals surface area contributed by atoms with Gasteiger partial charge in [-0.15, -0.1) is 0 Å². The van der Waals surface area contributed by atoms with Crippen molar-refractivity contribution in [3.63, 3.8) is 0 Å². The number of hydrogen-bond acceptors (Lipinski definition) is 4. The van der Waals surface area contributed by atoms with Crippen molar-refractivity contribution in [2.24, 2.45) is 17.3 Å². The lowest BCUT2D eigenvalue weighted by Crippen LogP contribution is -2.65. The van der Waals surface area contributed by atoms with Gasteiger partial charge in [0.2, 0.25) is 5.91 Å². The molecule has 0 bridgehead atoms. The molecular formula is C17H24N4O2. The van der Waals surface area contributed by atoms with Crippen molar-refractivity contribution < 1.29 is 9.90 Å². The van der Waals surface area contributed by atoms with E-state index in [1.54, 1.807) is 0 Å². The molecule has 3 aliphatic carbocycles. The van der Waals surface area contributed by atoms with Crippen LogP contribution in [0.1, 0.15) is 56.3 Å². The molecule has 3 saturated carbocycles. The van der Waals surface area contributed by atoms with Crippen LogP contribution >= 0.6 is 0 Å². The third kappa shape index (κ3) is 2.22. The molecule has 1 N–H and O–H groups in total. The van der Waals surface area contributed by atoms with E-state index in [0.29, 0.717) is 29.2 Å². The van der Waals surface area contributed by atoms with Crippen LogP contribution < -0.4 is 0 Å². The van der Waals surface area contributed by atoms with Crippen molar-refractivity contribution in [1.29, 1.82) is 0 Å². The highest BCUT2D eigenvalue weighted by atomic mass is 16.3. The zero-order valence-electron chi connectivity index (χ0n) is 13.4. The van der Waals surface area contributed by atoms with Crippen LogP contribution in [0.4, 0.5) is 0 Å². The molecule has 0 atom stereocenters. The number of rotatable bonds is 4. The zero-order chi connectivity index (χ0) is 15.6. The maximum Gasteiger partial charge on any atom is 0.225 e. The van der Waals surface area contributed by atoms with Crippen LogP contribution in [0.15, 0.2) is 6.33 Å². The molecule has 1 aromatic heterocycles. The van der Waals surface area contributed by atoms with Gasteiger partial charge in [0.05, 0.1) is 6.04 Å². The minimum absolute atomic E-state index is 0.178. The van der Waals surface area contributed by atoms with Crippen molar-refractivity contribution in [3.05, 3.63) is 12.2 Å². The third-order valence-corrected chi connectivity index (χ3v) is 6.39. The second-order valence-corrected chi connectivity index (χ2v) is 8.33. The molecule has 0 radical (unpaired) electrons. The average Bonchev–Trinajstić information content (AvgIpc) is 3.14. The van der Waals surface area contributed by atoms with Crippen LogP contribution in [0.2, 0.25) is 0 Å². The molecule has 1 spiro atoms. The zero-order valence-corrected chi connectivity index (χ0v) is 13.4. The first-order valence-electron chi connectivity index (χ1n) is 8.96. The molecule has 6 heteroatoms. The largest absolute Gasteiger partial charge is 0.396 e. The number of carbonyl (C=O) groups is 1. The maximum atomic E-state index is 12.4. The van der Waals surface area contributed by atoms with Gasteiger partial charge in [-0.25, -0.2) is 9.67 Å². The van der Waals surface area contributed by atoms with Gasteiger partial charge in [-0.3, -0.25) is 4.79 Å². The van der Waals surface area contributed by atoms with E-state index in [9.17, 15) is 4.79 Å². The van der Waals surface area contributed by atoms with Crippen molar-refractivity contribution >= 4 is 5.91 Å². The van der Waals surface area contributed by atoms with Crippen LogP contribution in [0.3, 0.4) is 0 Å². The minimum atomic E-state index is 0.178. The molecular weight excluding hydrogens is 292 g/mol. The van der Waals surface area contributed by atoms with Crippen LogP contribution in [-0.2, 0) is 4.79 Å². The summed E-state index contributed by atoms with van der Waals surface area (Å²) in [5, 5.41) is 13.7. The van der Waals surface area contributed by atoms with E-state index in [4.69, 9.17) is 5.11 Å². The van der Waals surface area contributed by atoms with E-state index >= 15 is 0 Å². The summed E-state index contributed by atoms with van der Waals surface area (Å²) in [5.74, 6) is 2.50. The van der Waals surface area contributed by atoms with Gasteiger partial charge in [-0.05, 0) is 44.4 Å². The molecule has 6 nitrogen and oxygen atoms in total. The number of aromatic nitrogens is 3. The Morgan fingerprint density at radius 3 is 2.70 bits per heavy atom. The SMILES string of the molecule is O=C(C1CC(CO)C1)N1CC2(CC(n3cnc(C4CC4)n3)C2)C1. The van der Waals surface area contributed by atoms with Gasteiger partial charge < -0.3 is 10.0 Å². The van der Waals surface area contributed by atoms with Gasteiger partial charge in [0.25, 0.3) is 0 Å². The quantitative estimate of drug-likeness (QED) is 0.910. The van der Waals surface area contributed by atoms with Gasteiger partial charge >= 0.3 is 0 Å². The van der Waals surface area contributed by atoms with Crippen LogP contribution in [0.25, 0.3) is 0 Å². The van der Waals surface area contributed by atoms with Crippen molar-refractivity contribution in [1.82, 2.24) is 19.7 Å². The summed E-state index contributed by atoms with van der Waals surface area (Å²) in [6.45, 7) is 2.08. The first kappa shape index (κ1) is 14.0. The molecule has 5 rings (SSSR count). The van der Waals surface area contributed by atoms with Crippen molar-refractivity contribution in [2.45, 2.75) is 50.5 Å². The predicted molar refractivity (Wildman–Crippen MR) is 82.6 cm³/mol. The molecule has 1 aromatic rings. The fraction of sp³-hybridized carbons (Fsp3) is 0.824. The highest BCUT2D eigenvalue weighted by molar-refractivity contribution is 5.80. The number of aliphatic hydroxyl groups is 1. The standard InChI is InChI=1S/C17H24N4O2/c22-7-11-3-13(4-11)16(23)20-8-17(9-20)5-14(6-17)21-10-18-15(19-21)12-1-2-12/h10-14,22H,1-9H2. The van der Waals surface area contributed by atoms with Crippen LogP contribution in [0.5, 0.6) is 0 Å². The Bertz CT molecular complexity index is 618. The molecule has 0 aromatic carbocycles. The summed E-state index contributed by atoms with van der Waals surface area (Å²) in [7, 11) is 0. The summed E-state index contributed by atoms with van der Waals surface area (Å²) in [5.41, 5.74) is 0.353. The summed E-state index contributed by atoms with van der Waals surface area (Å²) < 4.78 is 2.06. The average molecular weight is 316 g/mol. The first-order valence-corrected chi connectivity index (χ1v) is 8.96. The number of aliphatic hydroxyl groups excluding tert-OH is 1. The number of amides is 1. The normalized spacial score (nSPS) is 32.3. The number of hydrogen-bond donors (Lipinski definition) is 1. The Morgan fingerprint density at radius 2 is 2.04 bits per heavy atom. The van der Waals surface area contributed by atoms with Gasteiger partial charge in [0.15, 0.2) is 5.82 Å². The molecule has 2 heterocycles. The number of nitrogens with zero attached hydrogens (tertiary/aromatic N) is 4. The van der Waals surface area contributed by atoms with Crippen LogP contribution in [0, 0.1) is 17.3 Å². The molecule has 1 amide bonds. The molecule has 1 aliphatic heterocycles. The Balaban J connectivity index is 1.12. The molecule has 0 unspecified atom stereocenters. The van der Waals surface area contributed by atoms with E-state index < -0.39 is 0 Å². The smallest absolute Gasteiger partial charge is 0.225 e. The summed E-state index contributed by atoms with van der Waals surface area (Å²) in [6, 6.07) is 0.481. The number of carbonyl (C=O) groups excluding carboxylic acids is 1. The lowest BCUT2D eigenvalue weighted by Gasteiger charge is -2.59. The van der Waals surface area contributed by atoms with Crippen molar-refractivity contribution in [2.75, 3.05) is 19.7 Å². The topological polar surface area (TPSA) is 71.2 Å². The van der Waals surface area contributed by atoms with E-state index in [-0.39, 0.29) is 12.5 Å². The molecule has 124 valence electrons. The Hall–Kier alpha value is -1.43. The molecule has 4 aliphatic rings. The second-order valence-electron chi connectivity index (χ2n) is 8.33. The van der Waals surface area contributed by atoms with Gasteiger partial charge in [-0.1, -0.05) is 0 Å².